The first-order valence-electron chi connectivity index (χ1n) is 5.37. The molecule has 0 aliphatic carbocycles. The summed E-state index contributed by atoms with van der Waals surface area (Å²) in [5, 5.41) is 0. The number of halogens is 3. The maximum atomic E-state index is 14.0. The molecule has 1 aliphatic heterocycles. The summed E-state index contributed by atoms with van der Waals surface area (Å²) in [5.74, 6) is -1.22. The van der Waals surface area contributed by atoms with Crippen LogP contribution in [0.25, 0.3) is 0 Å². The zero-order valence-electron chi connectivity index (χ0n) is 9.51. The molecule has 1 aliphatic rings. The number of hydrogen-bond acceptors (Lipinski definition) is 3. The maximum Gasteiger partial charge on any atom is 0.165 e. The molecule has 94 valence electrons. The molecule has 0 unspecified atom stereocenters. The van der Waals surface area contributed by atoms with Crippen LogP contribution in [-0.2, 0) is 0 Å². The summed E-state index contributed by atoms with van der Waals surface area (Å²) >= 11 is 3.04. The summed E-state index contributed by atoms with van der Waals surface area (Å²) in [5.41, 5.74) is 5.58. The van der Waals surface area contributed by atoms with Crippen LogP contribution in [0.4, 0.5) is 20.2 Å². The number of rotatable bonds is 1. The predicted octanol–water partition coefficient (Wildman–Crippen LogP) is 2.06. The Bertz CT molecular complexity index is 431. The lowest BCUT2D eigenvalue weighted by molar-refractivity contribution is 0.310. The van der Waals surface area contributed by atoms with E-state index in [1.165, 1.54) is 0 Å². The van der Waals surface area contributed by atoms with Gasteiger partial charge in [-0.05, 0) is 23.0 Å². The fourth-order valence-corrected chi connectivity index (χ4v) is 2.23. The number of piperazine rings is 1. The van der Waals surface area contributed by atoms with E-state index in [-0.39, 0.29) is 15.8 Å². The van der Waals surface area contributed by atoms with Crippen molar-refractivity contribution in [1.82, 2.24) is 4.90 Å². The predicted molar refractivity (Wildman–Crippen MR) is 68.2 cm³/mol. The van der Waals surface area contributed by atoms with Gasteiger partial charge in [0.1, 0.15) is 5.69 Å². The van der Waals surface area contributed by atoms with Crippen molar-refractivity contribution in [3.8, 4) is 0 Å². The van der Waals surface area contributed by atoms with Crippen molar-refractivity contribution in [2.75, 3.05) is 43.9 Å². The normalized spacial score (nSPS) is 17.5. The highest BCUT2D eigenvalue weighted by Crippen LogP contribution is 2.34. The molecule has 0 amide bonds. The Morgan fingerprint density at radius 1 is 1.24 bits per heavy atom. The van der Waals surface area contributed by atoms with Gasteiger partial charge in [-0.1, -0.05) is 0 Å². The van der Waals surface area contributed by atoms with Gasteiger partial charge < -0.3 is 15.5 Å². The van der Waals surface area contributed by atoms with Gasteiger partial charge in [-0.3, -0.25) is 0 Å². The molecule has 0 bridgehead atoms. The van der Waals surface area contributed by atoms with Crippen molar-refractivity contribution in [1.29, 1.82) is 0 Å². The molecule has 2 rings (SSSR count). The number of hydrogen-bond donors (Lipinski definition) is 1. The molecule has 1 heterocycles. The Balaban J connectivity index is 2.35. The molecule has 1 fully saturated rings. The Labute approximate surface area is 107 Å². The molecular weight excluding hydrogens is 292 g/mol. The lowest BCUT2D eigenvalue weighted by Gasteiger charge is -2.34. The van der Waals surface area contributed by atoms with E-state index in [0.29, 0.717) is 13.1 Å². The number of nitrogen functional groups attached to an aromatic ring is 1. The second kappa shape index (κ2) is 4.78. The molecular formula is C11H14BrF2N3. The van der Waals surface area contributed by atoms with E-state index >= 15 is 0 Å². The van der Waals surface area contributed by atoms with Crippen molar-refractivity contribution in [2.24, 2.45) is 0 Å². The molecule has 0 atom stereocenters. The molecule has 17 heavy (non-hydrogen) atoms. The minimum atomic E-state index is -0.618. The van der Waals surface area contributed by atoms with Crippen LogP contribution in [0.15, 0.2) is 10.5 Å². The highest BCUT2D eigenvalue weighted by Gasteiger charge is 2.23. The van der Waals surface area contributed by atoms with Crippen LogP contribution in [0.5, 0.6) is 0 Å². The lowest BCUT2D eigenvalue weighted by atomic mass is 10.2. The number of likely N-dealkylation sites (N-methyl/N-ethyl adjacent to an activating group) is 1. The van der Waals surface area contributed by atoms with Gasteiger partial charge >= 0.3 is 0 Å². The van der Waals surface area contributed by atoms with Crippen LogP contribution in [0, 0.1) is 11.6 Å². The van der Waals surface area contributed by atoms with Crippen LogP contribution < -0.4 is 10.6 Å². The Morgan fingerprint density at radius 2 is 1.82 bits per heavy atom. The molecule has 0 aromatic heterocycles. The van der Waals surface area contributed by atoms with Crippen molar-refractivity contribution >= 4 is 27.3 Å². The standard InChI is InChI=1S/C11H14BrF2N3/c1-16-2-4-17(5-3-16)11-7(13)6-8(15)9(12)10(11)14/h6H,2-5,15H2,1H3. The summed E-state index contributed by atoms with van der Waals surface area (Å²) in [6, 6.07) is 1.15. The summed E-state index contributed by atoms with van der Waals surface area (Å²) in [4.78, 5) is 3.84. The smallest absolute Gasteiger partial charge is 0.165 e. The van der Waals surface area contributed by atoms with Crippen LogP contribution in [0.3, 0.4) is 0 Å². The molecule has 6 heteroatoms. The van der Waals surface area contributed by atoms with Gasteiger partial charge in [0.25, 0.3) is 0 Å². The largest absolute Gasteiger partial charge is 0.398 e. The first-order chi connectivity index (χ1) is 8.00. The minimum absolute atomic E-state index is 0.0131. The first kappa shape index (κ1) is 12.6. The van der Waals surface area contributed by atoms with Crippen molar-refractivity contribution in [3.63, 3.8) is 0 Å². The maximum absolute atomic E-state index is 14.0. The van der Waals surface area contributed by atoms with Gasteiger partial charge in [0, 0.05) is 32.2 Å². The van der Waals surface area contributed by atoms with Gasteiger partial charge in [-0.15, -0.1) is 0 Å². The van der Waals surface area contributed by atoms with E-state index in [1.807, 2.05) is 7.05 Å². The highest BCUT2D eigenvalue weighted by atomic mass is 79.9. The Hall–Kier alpha value is -0.880. The number of anilines is 2. The SMILES string of the molecule is CN1CCN(c2c(F)cc(N)c(Br)c2F)CC1. The van der Waals surface area contributed by atoms with E-state index in [4.69, 9.17) is 5.73 Å². The second-order valence-electron chi connectivity index (χ2n) is 4.21. The highest BCUT2D eigenvalue weighted by molar-refractivity contribution is 9.10. The molecule has 1 aromatic rings. The fourth-order valence-electron chi connectivity index (χ4n) is 1.92. The monoisotopic (exact) mass is 305 g/mol. The summed E-state index contributed by atoms with van der Waals surface area (Å²) < 4.78 is 27.9. The van der Waals surface area contributed by atoms with E-state index in [1.54, 1.807) is 4.90 Å². The van der Waals surface area contributed by atoms with Crippen molar-refractivity contribution in [3.05, 3.63) is 22.2 Å². The third kappa shape index (κ3) is 2.37. The molecule has 0 saturated carbocycles. The van der Waals surface area contributed by atoms with Gasteiger partial charge in [0.15, 0.2) is 11.6 Å². The average Bonchev–Trinajstić information content (AvgIpc) is 2.29. The minimum Gasteiger partial charge on any atom is -0.398 e. The third-order valence-electron chi connectivity index (χ3n) is 2.98. The zero-order chi connectivity index (χ0) is 12.6. The fraction of sp³-hybridized carbons (Fsp3) is 0.455. The Morgan fingerprint density at radius 3 is 2.41 bits per heavy atom. The zero-order valence-corrected chi connectivity index (χ0v) is 11.1. The quantitative estimate of drug-likeness (QED) is 0.637. The summed E-state index contributed by atoms with van der Waals surface area (Å²) in [6.45, 7) is 2.81. The summed E-state index contributed by atoms with van der Waals surface area (Å²) in [7, 11) is 1.99. The van der Waals surface area contributed by atoms with Crippen LogP contribution in [0.1, 0.15) is 0 Å². The van der Waals surface area contributed by atoms with E-state index < -0.39 is 11.6 Å². The number of nitrogens with two attached hydrogens (primary N) is 1. The van der Waals surface area contributed by atoms with Gasteiger partial charge in [0.2, 0.25) is 0 Å². The molecule has 2 N–H and O–H groups in total. The number of nitrogens with zero attached hydrogens (tertiary/aromatic N) is 2. The van der Waals surface area contributed by atoms with E-state index in [0.717, 1.165) is 19.2 Å². The molecule has 3 nitrogen and oxygen atoms in total. The van der Waals surface area contributed by atoms with E-state index in [2.05, 4.69) is 20.8 Å². The second-order valence-corrected chi connectivity index (χ2v) is 5.01. The van der Waals surface area contributed by atoms with Gasteiger partial charge in [-0.2, -0.15) is 0 Å². The Kier molecular flexibility index (Phi) is 3.53. The van der Waals surface area contributed by atoms with Crippen molar-refractivity contribution in [2.45, 2.75) is 0 Å². The molecule has 1 aromatic carbocycles. The molecule has 1 saturated heterocycles. The molecule has 0 spiro atoms. The first-order valence-corrected chi connectivity index (χ1v) is 6.16. The van der Waals surface area contributed by atoms with Crippen LogP contribution in [-0.4, -0.2) is 38.1 Å². The summed E-state index contributed by atoms with van der Waals surface area (Å²) in [6.07, 6.45) is 0. The van der Waals surface area contributed by atoms with Gasteiger partial charge in [0.05, 0.1) is 10.2 Å². The van der Waals surface area contributed by atoms with Gasteiger partial charge in [-0.25, -0.2) is 8.78 Å². The van der Waals surface area contributed by atoms with Crippen molar-refractivity contribution < 1.29 is 8.78 Å². The average molecular weight is 306 g/mol. The van der Waals surface area contributed by atoms with E-state index in [9.17, 15) is 8.78 Å². The van der Waals surface area contributed by atoms with Crippen LogP contribution in [0.2, 0.25) is 0 Å². The van der Waals surface area contributed by atoms with Crippen LogP contribution >= 0.6 is 15.9 Å². The third-order valence-corrected chi connectivity index (χ3v) is 3.79. The topological polar surface area (TPSA) is 32.5 Å². The lowest BCUT2D eigenvalue weighted by Crippen LogP contribution is -2.45. The number of benzene rings is 1. The molecule has 0 radical (unpaired) electrons.